The molecule has 8 nitrogen and oxygen atoms in total. The molecule has 0 aliphatic carbocycles. The number of carbonyl (C=O) groups is 2. The van der Waals surface area contributed by atoms with Crippen LogP contribution in [-0.2, 0) is 16.6 Å². The average molecular weight is 383 g/mol. The minimum absolute atomic E-state index is 0.168. The van der Waals surface area contributed by atoms with Crippen molar-refractivity contribution in [3.63, 3.8) is 0 Å². The van der Waals surface area contributed by atoms with Crippen LogP contribution in [0.1, 0.15) is 28.7 Å². The van der Waals surface area contributed by atoms with Crippen molar-refractivity contribution in [2.45, 2.75) is 26.9 Å². The molecular weight excluding hydrogens is 362 g/mol. The Morgan fingerprint density at radius 1 is 1.18 bits per heavy atom. The van der Waals surface area contributed by atoms with E-state index in [0.29, 0.717) is 22.2 Å². The van der Waals surface area contributed by atoms with E-state index in [4.69, 9.17) is 4.74 Å². The summed E-state index contributed by atoms with van der Waals surface area (Å²) in [4.78, 5) is 24.9. The van der Waals surface area contributed by atoms with Gasteiger partial charge in [-0.15, -0.1) is 0 Å². The van der Waals surface area contributed by atoms with E-state index >= 15 is 0 Å². The Kier molecular flexibility index (Phi) is 4.96. The molecule has 0 fully saturated rings. The minimum Gasteiger partial charge on any atom is -0.507 e. The number of phenolic OH excluding ortho intramolecular Hbond substituents is 2. The zero-order chi connectivity index (χ0) is 20.6. The molecule has 1 aromatic heterocycles. The van der Waals surface area contributed by atoms with Crippen LogP contribution in [0.4, 0.5) is 5.69 Å². The molecule has 0 saturated heterocycles. The smallest absolute Gasteiger partial charge is 0.342 e. The summed E-state index contributed by atoms with van der Waals surface area (Å²) in [5.41, 5.74) is 1.75. The SMILES string of the molecule is Cc1nn(C)c(C)c1NC(=O)[C@@H](C)OC(=O)c1cc(O)c2ccccc2c1O. The third-order valence-electron chi connectivity index (χ3n) is 4.62. The normalized spacial score (nSPS) is 12.0. The molecule has 3 N–H and O–H groups in total. The summed E-state index contributed by atoms with van der Waals surface area (Å²) in [6.07, 6.45) is -1.13. The fraction of sp³-hybridized carbons (Fsp3) is 0.250. The van der Waals surface area contributed by atoms with E-state index in [1.807, 2.05) is 6.92 Å². The monoisotopic (exact) mass is 383 g/mol. The maximum Gasteiger partial charge on any atom is 0.342 e. The summed E-state index contributed by atoms with van der Waals surface area (Å²) in [7, 11) is 1.76. The number of ether oxygens (including phenoxy) is 1. The van der Waals surface area contributed by atoms with E-state index in [1.54, 1.807) is 42.9 Å². The number of rotatable bonds is 4. The van der Waals surface area contributed by atoms with Gasteiger partial charge in [-0.2, -0.15) is 5.10 Å². The van der Waals surface area contributed by atoms with Crippen LogP contribution in [0.15, 0.2) is 30.3 Å². The van der Waals surface area contributed by atoms with Crippen molar-refractivity contribution in [2.24, 2.45) is 7.05 Å². The first-order chi connectivity index (χ1) is 13.2. The van der Waals surface area contributed by atoms with Crippen molar-refractivity contribution >= 4 is 28.3 Å². The molecule has 0 aliphatic heterocycles. The first-order valence-corrected chi connectivity index (χ1v) is 8.66. The number of nitrogens with one attached hydrogen (secondary N) is 1. The first-order valence-electron chi connectivity index (χ1n) is 8.66. The van der Waals surface area contributed by atoms with Crippen molar-refractivity contribution in [3.8, 4) is 11.5 Å². The fourth-order valence-corrected chi connectivity index (χ4v) is 2.95. The van der Waals surface area contributed by atoms with Gasteiger partial charge in [0.25, 0.3) is 5.91 Å². The van der Waals surface area contributed by atoms with Gasteiger partial charge in [0, 0.05) is 17.8 Å². The number of amides is 1. The fourth-order valence-electron chi connectivity index (χ4n) is 2.95. The van der Waals surface area contributed by atoms with Crippen LogP contribution in [0, 0.1) is 13.8 Å². The molecule has 0 aliphatic rings. The molecule has 0 bridgehead atoms. The van der Waals surface area contributed by atoms with E-state index in [9.17, 15) is 19.8 Å². The highest BCUT2D eigenvalue weighted by molar-refractivity contribution is 6.05. The molecule has 0 unspecified atom stereocenters. The van der Waals surface area contributed by atoms with Gasteiger partial charge in [0.15, 0.2) is 6.10 Å². The van der Waals surface area contributed by atoms with E-state index in [2.05, 4.69) is 10.4 Å². The Bertz CT molecular complexity index is 1090. The highest BCUT2D eigenvalue weighted by Gasteiger charge is 2.24. The minimum atomic E-state index is -1.13. The summed E-state index contributed by atoms with van der Waals surface area (Å²) in [6, 6.07) is 7.69. The van der Waals surface area contributed by atoms with Gasteiger partial charge in [0.2, 0.25) is 0 Å². The third-order valence-corrected chi connectivity index (χ3v) is 4.62. The van der Waals surface area contributed by atoms with E-state index in [0.717, 1.165) is 11.8 Å². The molecular formula is C20H21N3O5. The Morgan fingerprint density at radius 3 is 2.43 bits per heavy atom. The molecule has 28 heavy (non-hydrogen) atoms. The number of aromatic nitrogens is 2. The van der Waals surface area contributed by atoms with E-state index < -0.39 is 18.0 Å². The lowest BCUT2D eigenvalue weighted by molar-refractivity contribution is -0.123. The Labute approximate surface area is 161 Å². The van der Waals surface area contributed by atoms with Gasteiger partial charge in [-0.3, -0.25) is 9.48 Å². The standard InChI is InChI=1S/C20H21N3O5/c1-10-17(11(2)23(4)22-10)21-19(26)12(3)28-20(27)15-9-16(24)13-7-5-6-8-14(13)18(15)25/h5-9,12,24-25H,1-4H3,(H,21,26)/t12-/m1/s1. The summed E-state index contributed by atoms with van der Waals surface area (Å²) >= 11 is 0. The molecule has 146 valence electrons. The maximum atomic E-state index is 12.5. The van der Waals surface area contributed by atoms with Crippen molar-refractivity contribution in [2.75, 3.05) is 5.32 Å². The van der Waals surface area contributed by atoms with E-state index in [-0.39, 0.29) is 17.1 Å². The van der Waals surface area contributed by atoms with Gasteiger partial charge in [-0.1, -0.05) is 24.3 Å². The van der Waals surface area contributed by atoms with Crippen LogP contribution in [0.3, 0.4) is 0 Å². The van der Waals surface area contributed by atoms with Crippen LogP contribution in [0.2, 0.25) is 0 Å². The number of nitrogens with zero attached hydrogens (tertiary/aromatic N) is 2. The summed E-state index contributed by atoms with van der Waals surface area (Å²) < 4.78 is 6.83. The number of aromatic hydroxyl groups is 2. The topological polar surface area (TPSA) is 114 Å². The highest BCUT2D eigenvalue weighted by atomic mass is 16.5. The summed E-state index contributed by atoms with van der Waals surface area (Å²) in [5, 5.41) is 28.1. The first kappa shape index (κ1) is 19.2. The average Bonchev–Trinajstić information content (AvgIpc) is 2.90. The number of aryl methyl sites for hydroxylation is 2. The zero-order valence-corrected chi connectivity index (χ0v) is 16.0. The molecule has 3 rings (SSSR count). The molecule has 0 radical (unpaired) electrons. The van der Waals surface area contributed by atoms with Crippen LogP contribution in [0.25, 0.3) is 10.8 Å². The van der Waals surface area contributed by atoms with Crippen LogP contribution in [0.5, 0.6) is 11.5 Å². The lowest BCUT2D eigenvalue weighted by Crippen LogP contribution is -2.30. The van der Waals surface area contributed by atoms with Crippen LogP contribution >= 0.6 is 0 Å². The number of carbonyl (C=O) groups excluding carboxylic acids is 2. The van der Waals surface area contributed by atoms with Gasteiger partial charge in [0.1, 0.15) is 17.1 Å². The molecule has 0 saturated carbocycles. The van der Waals surface area contributed by atoms with Crippen molar-refractivity contribution in [1.29, 1.82) is 0 Å². The lowest BCUT2D eigenvalue weighted by Gasteiger charge is -2.15. The molecule has 3 aromatic rings. The second-order valence-corrected chi connectivity index (χ2v) is 6.54. The lowest BCUT2D eigenvalue weighted by atomic mass is 10.0. The molecule has 0 spiro atoms. The Morgan fingerprint density at radius 2 is 1.82 bits per heavy atom. The molecule has 1 heterocycles. The molecule has 1 amide bonds. The number of anilines is 1. The van der Waals surface area contributed by atoms with Gasteiger partial charge in [-0.05, 0) is 26.8 Å². The number of phenols is 2. The Balaban J connectivity index is 1.80. The highest BCUT2D eigenvalue weighted by Crippen LogP contribution is 2.35. The number of fused-ring (bicyclic) bond motifs is 1. The predicted octanol–water partition coefficient (Wildman–Crippen LogP) is 2.79. The quantitative estimate of drug-likeness (QED) is 0.472. The largest absolute Gasteiger partial charge is 0.507 e. The van der Waals surface area contributed by atoms with Gasteiger partial charge >= 0.3 is 5.97 Å². The van der Waals surface area contributed by atoms with Gasteiger partial charge < -0.3 is 20.3 Å². The summed E-state index contributed by atoms with van der Waals surface area (Å²) in [6.45, 7) is 4.99. The van der Waals surface area contributed by atoms with Crippen molar-refractivity contribution in [3.05, 3.63) is 47.3 Å². The summed E-state index contributed by atoms with van der Waals surface area (Å²) in [5.74, 6) is -1.93. The molecule has 8 heteroatoms. The van der Waals surface area contributed by atoms with Crippen molar-refractivity contribution < 1.29 is 24.5 Å². The van der Waals surface area contributed by atoms with Gasteiger partial charge in [0.05, 0.1) is 17.1 Å². The number of benzene rings is 2. The Hall–Kier alpha value is -3.55. The number of esters is 1. The second-order valence-electron chi connectivity index (χ2n) is 6.54. The number of hydrogen-bond donors (Lipinski definition) is 3. The molecule has 2 aromatic carbocycles. The third kappa shape index (κ3) is 3.36. The van der Waals surface area contributed by atoms with Crippen molar-refractivity contribution in [1.82, 2.24) is 9.78 Å². The second kappa shape index (κ2) is 7.22. The maximum absolute atomic E-state index is 12.5. The predicted molar refractivity (Wildman–Crippen MR) is 103 cm³/mol. The number of hydrogen-bond acceptors (Lipinski definition) is 6. The van der Waals surface area contributed by atoms with E-state index in [1.165, 1.54) is 6.92 Å². The molecule has 1 atom stereocenters. The van der Waals surface area contributed by atoms with Crippen LogP contribution in [-0.4, -0.2) is 38.0 Å². The van der Waals surface area contributed by atoms with Crippen LogP contribution < -0.4 is 5.32 Å². The zero-order valence-electron chi connectivity index (χ0n) is 16.0. The van der Waals surface area contributed by atoms with Gasteiger partial charge in [-0.25, -0.2) is 4.79 Å².